The number of pyridine rings is 1. The van der Waals surface area contributed by atoms with Crippen LogP contribution in [-0.4, -0.2) is 23.2 Å². The van der Waals surface area contributed by atoms with E-state index in [1.807, 2.05) is 6.20 Å². The Labute approximate surface area is 118 Å². The highest BCUT2D eigenvalue weighted by Gasteiger charge is 2.06. The lowest BCUT2D eigenvalue weighted by atomic mass is 10.1. The summed E-state index contributed by atoms with van der Waals surface area (Å²) in [6.45, 7) is 3.52. The standard InChI is InChI=1S/C15H22N2OS/c1-12(16-7-4-2-3-5-8-18)13-10-15-14(17-11-13)6-9-19-15/h6,9-12,16,18H,2-5,7-8H2,1H3. The first-order valence-electron chi connectivity index (χ1n) is 6.98. The van der Waals surface area contributed by atoms with Crippen LogP contribution < -0.4 is 5.32 Å². The number of unbranched alkanes of at least 4 members (excludes halogenated alkanes) is 3. The normalized spacial score (nSPS) is 12.9. The average molecular weight is 278 g/mol. The summed E-state index contributed by atoms with van der Waals surface area (Å²) in [4.78, 5) is 4.47. The number of hydrogen-bond donors (Lipinski definition) is 2. The van der Waals surface area contributed by atoms with Crippen LogP contribution in [0.5, 0.6) is 0 Å². The van der Waals surface area contributed by atoms with Crippen molar-refractivity contribution >= 4 is 21.6 Å². The van der Waals surface area contributed by atoms with Crippen LogP contribution >= 0.6 is 11.3 Å². The van der Waals surface area contributed by atoms with Crippen molar-refractivity contribution in [2.45, 2.75) is 38.6 Å². The Hall–Kier alpha value is -0.970. The van der Waals surface area contributed by atoms with Crippen LogP contribution in [-0.2, 0) is 0 Å². The smallest absolute Gasteiger partial charge is 0.0809 e. The molecule has 2 aromatic rings. The Balaban J connectivity index is 1.77. The van der Waals surface area contributed by atoms with Gasteiger partial charge in [0.25, 0.3) is 0 Å². The van der Waals surface area contributed by atoms with Gasteiger partial charge in [-0.15, -0.1) is 11.3 Å². The minimum atomic E-state index is 0.316. The van der Waals surface area contributed by atoms with Crippen molar-refractivity contribution in [3.8, 4) is 0 Å². The number of aliphatic hydroxyl groups is 1. The predicted molar refractivity (Wildman–Crippen MR) is 81.6 cm³/mol. The van der Waals surface area contributed by atoms with E-state index in [-0.39, 0.29) is 0 Å². The molecule has 19 heavy (non-hydrogen) atoms. The second-order valence-electron chi connectivity index (χ2n) is 4.89. The molecule has 0 saturated carbocycles. The van der Waals surface area contributed by atoms with E-state index in [0.29, 0.717) is 12.6 Å². The molecule has 0 spiro atoms. The summed E-state index contributed by atoms with van der Waals surface area (Å²) in [6.07, 6.45) is 6.36. The topological polar surface area (TPSA) is 45.1 Å². The van der Waals surface area contributed by atoms with E-state index in [9.17, 15) is 0 Å². The van der Waals surface area contributed by atoms with Crippen LogP contribution in [0, 0.1) is 0 Å². The lowest BCUT2D eigenvalue weighted by Crippen LogP contribution is -2.19. The van der Waals surface area contributed by atoms with E-state index in [1.54, 1.807) is 11.3 Å². The zero-order chi connectivity index (χ0) is 13.5. The summed E-state index contributed by atoms with van der Waals surface area (Å²) in [5.41, 5.74) is 2.34. The monoisotopic (exact) mass is 278 g/mol. The van der Waals surface area contributed by atoms with Crippen LogP contribution in [0.3, 0.4) is 0 Å². The first kappa shape index (κ1) is 14.4. The maximum atomic E-state index is 8.71. The number of nitrogens with one attached hydrogen (secondary N) is 1. The van der Waals surface area contributed by atoms with Crippen molar-refractivity contribution in [2.75, 3.05) is 13.2 Å². The number of thiophene rings is 1. The van der Waals surface area contributed by atoms with Gasteiger partial charge in [-0.3, -0.25) is 4.98 Å². The fourth-order valence-corrected chi connectivity index (χ4v) is 2.91. The van der Waals surface area contributed by atoms with Gasteiger partial charge in [0.1, 0.15) is 0 Å². The number of rotatable bonds is 8. The zero-order valence-corrected chi connectivity index (χ0v) is 12.2. The molecule has 0 bridgehead atoms. The van der Waals surface area contributed by atoms with Gasteiger partial charge in [0.15, 0.2) is 0 Å². The van der Waals surface area contributed by atoms with Crippen LogP contribution in [0.2, 0.25) is 0 Å². The second-order valence-corrected chi connectivity index (χ2v) is 5.83. The van der Waals surface area contributed by atoms with Gasteiger partial charge >= 0.3 is 0 Å². The van der Waals surface area contributed by atoms with Crippen molar-refractivity contribution in [1.29, 1.82) is 0 Å². The van der Waals surface area contributed by atoms with Crippen LogP contribution in [0.4, 0.5) is 0 Å². The average Bonchev–Trinajstić information content (AvgIpc) is 2.89. The number of nitrogens with zero attached hydrogens (tertiary/aromatic N) is 1. The van der Waals surface area contributed by atoms with Crippen molar-refractivity contribution in [2.24, 2.45) is 0 Å². The number of fused-ring (bicyclic) bond motifs is 1. The Morgan fingerprint density at radius 1 is 1.32 bits per heavy atom. The molecule has 1 unspecified atom stereocenters. The Morgan fingerprint density at radius 3 is 3.00 bits per heavy atom. The maximum absolute atomic E-state index is 8.71. The van der Waals surface area contributed by atoms with E-state index in [4.69, 9.17) is 5.11 Å². The van der Waals surface area contributed by atoms with Crippen molar-refractivity contribution < 1.29 is 5.11 Å². The Kier molecular flexibility index (Phi) is 5.76. The molecule has 104 valence electrons. The summed E-state index contributed by atoms with van der Waals surface area (Å²) in [7, 11) is 0. The molecule has 0 aliphatic rings. The SMILES string of the molecule is CC(NCCCCCCO)c1cnc2ccsc2c1. The van der Waals surface area contributed by atoms with Gasteiger partial charge in [0, 0.05) is 18.8 Å². The molecule has 3 nitrogen and oxygen atoms in total. The highest BCUT2D eigenvalue weighted by atomic mass is 32.1. The Bertz CT molecular complexity index is 498. The molecule has 2 heterocycles. The highest BCUT2D eigenvalue weighted by molar-refractivity contribution is 7.17. The largest absolute Gasteiger partial charge is 0.396 e. The van der Waals surface area contributed by atoms with Crippen molar-refractivity contribution in [3.63, 3.8) is 0 Å². The third-order valence-electron chi connectivity index (χ3n) is 3.36. The lowest BCUT2D eigenvalue weighted by molar-refractivity contribution is 0.282. The molecule has 0 aliphatic carbocycles. The molecular weight excluding hydrogens is 256 g/mol. The predicted octanol–water partition coefficient (Wildman–Crippen LogP) is 3.50. The lowest BCUT2D eigenvalue weighted by Gasteiger charge is -2.13. The summed E-state index contributed by atoms with van der Waals surface area (Å²) in [6, 6.07) is 4.64. The van der Waals surface area contributed by atoms with Gasteiger partial charge in [-0.2, -0.15) is 0 Å². The molecule has 0 fully saturated rings. The molecule has 2 N–H and O–H groups in total. The third kappa shape index (κ3) is 4.27. The number of aromatic nitrogens is 1. The number of aliphatic hydroxyl groups excluding tert-OH is 1. The van der Waals surface area contributed by atoms with E-state index in [0.717, 1.165) is 24.9 Å². The minimum absolute atomic E-state index is 0.316. The zero-order valence-electron chi connectivity index (χ0n) is 11.4. The molecule has 2 aromatic heterocycles. The van der Waals surface area contributed by atoms with Crippen LogP contribution in [0.15, 0.2) is 23.7 Å². The molecule has 4 heteroatoms. The molecule has 1 atom stereocenters. The first-order chi connectivity index (χ1) is 9.31. The summed E-state index contributed by atoms with van der Waals surface area (Å²) >= 11 is 1.74. The van der Waals surface area contributed by atoms with Gasteiger partial charge in [-0.1, -0.05) is 12.8 Å². The van der Waals surface area contributed by atoms with Crippen molar-refractivity contribution in [1.82, 2.24) is 10.3 Å². The third-order valence-corrected chi connectivity index (χ3v) is 4.21. The van der Waals surface area contributed by atoms with Gasteiger partial charge in [-0.05, 0) is 49.4 Å². The number of hydrogen-bond acceptors (Lipinski definition) is 4. The van der Waals surface area contributed by atoms with Gasteiger partial charge in [0.05, 0.1) is 10.2 Å². The minimum Gasteiger partial charge on any atom is -0.396 e. The quantitative estimate of drug-likeness (QED) is 0.726. The van der Waals surface area contributed by atoms with Gasteiger partial charge in [-0.25, -0.2) is 0 Å². The summed E-state index contributed by atoms with van der Waals surface area (Å²) < 4.78 is 1.26. The maximum Gasteiger partial charge on any atom is 0.0809 e. The van der Waals surface area contributed by atoms with Crippen LogP contribution in [0.25, 0.3) is 10.2 Å². The van der Waals surface area contributed by atoms with Crippen LogP contribution in [0.1, 0.15) is 44.2 Å². The van der Waals surface area contributed by atoms with E-state index in [2.05, 4.69) is 34.7 Å². The second kappa shape index (κ2) is 7.58. The fourth-order valence-electron chi connectivity index (χ4n) is 2.13. The van der Waals surface area contributed by atoms with E-state index >= 15 is 0 Å². The van der Waals surface area contributed by atoms with E-state index < -0.39 is 0 Å². The Morgan fingerprint density at radius 2 is 2.16 bits per heavy atom. The molecule has 0 radical (unpaired) electrons. The van der Waals surface area contributed by atoms with Crippen molar-refractivity contribution in [3.05, 3.63) is 29.3 Å². The highest BCUT2D eigenvalue weighted by Crippen LogP contribution is 2.22. The molecule has 0 amide bonds. The molecular formula is C15H22N2OS. The molecule has 0 aromatic carbocycles. The van der Waals surface area contributed by atoms with E-state index in [1.165, 1.54) is 23.1 Å². The summed E-state index contributed by atoms with van der Waals surface area (Å²) in [5, 5.41) is 14.3. The fraction of sp³-hybridized carbons (Fsp3) is 0.533. The molecule has 2 rings (SSSR count). The molecule has 0 aliphatic heterocycles. The van der Waals surface area contributed by atoms with Gasteiger partial charge < -0.3 is 10.4 Å². The summed E-state index contributed by atoms with van der Waals surface area (Å²) in [5.74, 6) is 0. The van der Waals surface area contributed by atoms with Gasteiger partial charge in [0.2, 0.25) is 0 Å². The molecule has 0 saturated heterocycles. The first-order valence-corrected chi connectivity index (χ1v) is 7.86.